The van der Waals surface area contributed by atoms with Crippen LogP contribution in [0.25, 0.3) is 0 Å². The molecule has 40 heavy (non-hydrogen) atoms. The first-order valence-electron chi connectivity index (χ1n) is 12.2. The van der Waals surface area contributed by atoms with Gasteiger partial charge in [-0.25, -0.2) is 4.98 Å². The van der Waals surface area contributed by atoms with Gasteiger partial charge in [0.15, 0.2) is 5.13 Å². The second kappa shape index (κ2) is 17.1. The fourth-order valence-corrected chi connectivity index (χ4v) is 4.36. The Labute approximate surface area is 250 Å². The van der Waals surface area contributed by atoms with E-state index in [0.29, 0.717) is 22.9 Å². The van der Waals surface area contributed by atoms with Gasteiger partial charge >= 0.3 is 0 Å². The molecule has 11 heteroatoms. The molecule has 3 aromatic carbocycles. The highest BCUT2D eigenvalue weighted by molar-refractivity contribution is 7.13. The third kappa shape index (κ3) is 10.8. The summed E-state index contributed by atoms with van der Waals surface area (Å²) in [4.78, 5) is 17.0. The van der Waals surface area contributed by atoms with E-state index in [9.17, 15) is 9.90 Å². The van der Waals surface area contributed by atoms with E-state index >= 15 is 0 Å². The van der Waals surface area contributed by atoms with Crippen molar-refractivity contribution in [2.24, 2.45) is 0 Å². The van der Waals surface area contributed by atoms with Crippen LogP contribution in [0, 0.1) is 11.3 Å². The quantitative estimate of drug-likeness (QED) is 0.153. The summed E-state index contributed by atoms with van der Waals surface area (Å²) in [5.74, 6) is 0.598. The largest absolute Gasteiger partial charge is 0.491 e. The molecule has 0 radical (unpaired) electrons. The topological polar surface area (TPSA) is 119 Å². The van der Waals surface area contributed by atoms with E-state index in [1.54, 1.807) is 18.2 Å². The highest BCUT2D eigenvalue weighted by atomic mass is 35.5. The summed E-state index contributed by atoms with van der Waals surface area (Å²) in [7, 11) is 0. The smallest absolute Gasteiger partial charge is 0.230 e. The molecule has 1 atom stereocenters. The normalized spacial score (nSPS) is 10.8. The average Bonchev–Trinajstić information content (AvgIpc) is 3.37. The maximum Gasteiger partial charge on any atom is 0.230 e. The lowest BCUT2D eigenvalue weighted by molar-refractivity contribution is -0.115. The molecule has 4 N–H and O–H groups in total. The van der Waals surface area contributed by atoms with E-state index in [1.807, 2.05) is 66.0 Å². The first-order valence-corrected chi connectivity index (χ1v) is 13.1. The van der Waals surface area contributed by atoms with Gasteiger partial charge in [0.25, 0.3) is 0 Å². The van der Waals surface area contributed by atoms with Crippen LogP contribution in [-0.2, 0) is 17.6 Å². The van der Waals surface area contributed by atoms with Crippen LogP contribution in [0.5, 0.6) is 5.75 Å². The number of benzene rings is 3. The second-order valence-electron chi connectivity index (χ2n) is 8.62. The number of nitriles is 1. The predicted molar refractivity (Wildman–Crippen MR) is 164 cm³/mol. The first-order chi connectivity index (χ1) is 18.6. The Hall–Kier alpha value is -3.65. The Kier molecular flexibility index (Phi) is 13.9. The summed E-state index contributed by atoms with van der Waals surface area (Å²) >= 11 is 1.41. The minimum Gasteiger partial charge on any atom is -0.491 e. The molecule has 0 bridgehead atoms. The number of hydrogen-bond acceptors (Lipinski definition) is 8. The second-order valence-corrected chi connectivity index (χ2v) is 9.47. The number of carbonyl (C=O) groups is 1. The number of aromatic nitrogens is 1. The van der Waals surface area contributed by atoms with Crippen molar-refractivity contribution in [3.63, 3.8) is 0 Å². The van der Waals surface area contributed by atoms with Crippen molar-refractivity contribution in [3.05, 3.63) is 101 Å². The zero-order valence-corrected chi connectivity index (χ0v) is 24.0. The highest BCUT2D eigenvalue weighted by Crippen LogP contribution is 2.22. The molecular weight excluding hydrogens is 569 g/mol. The number of aliphatic hydroxyl groups excluding tert-OH is 1. The number of aliphatic hydroxyl groups is 1. The van der Waals surface area contributed by atoms with Crippen LogP contribution in [0.2, 0.25) is 0 Å². The van der Waals surface area contributed by atoms with Gasteiger partial charge < -0.3 is 25.8 Å². The summed E-state index contributed by atoms with van der Waals surface area (Å²) < 4.78 is 5.56. The molecule has 4 rings (SSSR count). The number of nitrogens with zero attached hydrogens (tertiary/aromatic N) is 2. The zero-order chi connectivity index (χ0) is 26.6. The molecule has 1 heterocycles. The molecule has 1 amide bonds. The fraction of sp³-hybridized carbons (Fsp3) is 0.207. The van der Waals surface area contributed by atoms with Crippen LogP contribution in [0.4, 0.5) is 16.5 Å². The van der Waals surface area contributed by atoms with Gasteiger partial charge in [-0.1, -0.05) is 36.4 Å². The van der Waals surface area contributed by atoms with E-state index in [0.717, 1.165) is 35.7 Å². The Morgan fingerprint density at radius 2 is 1.80 bits per heavy atom. The summed E-state index contributed by atoms with van der Waals surface area (Å²) in [6, 6.07) is 26.4. The van der Waals surface area contributed by atoms with Gasteiger partial charge in [0, 0.05) is 23.3 Å². The van der Waals surface area contributed by atoms with Gasteiger partial charge in [0.2, 0.25) is 5.91 Å². The van der Waals surface area contributed by atoms with Crippen molar-refractivity contribution in [2.45, 2.75) is 18.9 Å². The number of ether oxygens (including phenoxy) is 1. The SMILES string of the molecule is Cl.Cl.N#Cc1cccc(Nc2nc(CC(=O)Nc3ccc(CCNC[C@H](O)COc4ccccc4)cc3)cs2)c1. The van der Waals surface area contributed by atoms with Crippen molar-refractivity contribution in [1.29, 1.82) is 5.26 Å². The summed E-state index contributed by atoms with van der Waals surface area (Å²) in [5, 5.41) is 30.9. The predicted octanol–water partition coefficient (Wildman–Crippen LogP) is 5.36. The van der Waals surface area contributed by atoms with E-state index < -0.39 is 6.10 Å². The molecule has 1 aromatic heterocycles. The number of carbonyl (C=O) groups excluding carboxylic acids is 1. The maximum absolute atomic E-state index is 12.5. The Bertz CT molecular complexity index is 1360. The van der Waals surface area contributed by atoms with Crippen LogP contribution in [0.15, 0.2) is 84.2 Å². The molecule has 0 unspecified atom stereocenters. The molecule has 0 aliphatic heterocycles. The minimum absolute atomic E-state index is 0. The third-order valence-electron chi connectivity index (χ3n) is 5.53. The van der Waals surface area contributed by atoms with Crippen LogP contribution in [0.3, 0.4) is 0 Å². The number of amides is 1. The molecule has 210 valence electrons. The van der Waals surface area contributed by atoms with Crippen LogP contribution >= 0.6 is 36.2 Å². The van der Waals surface area contributed by atoms with Crippen molar-refractivity contribution in [2.75, 3.05) is 30.3 Å². The number of para-hydroxylation sites is 1. The van der Waals surface area contributed by atoms with Gasteiger partial charge in [-0.05, 0) is 61.0 Å². The van der Waals surface area contributed by atoms with Crippen LogP contribution in [-0.4, -0.2) is 41.8 Å². The molecule has 0 saturated carbocycles. The number of halogens is 2. The summed E-state index contributed by atoms with van der Waals surface area (Å²) in [6.45, 7) is 1.40. The van der Waals surface area contributed by atoms with Crippen molar-refractivity contribution in [3.8, 4) is 11.8 Å². The zero-order valence-electron chi connectivity index (χ0n) is 21.6. The Balaban J connectivity index is 0.00000280. The lowest BCUT2D eigenvalue weighted by Crippen LogP contribution is -2.32. The maximum atomic E-state index is 12.5. The van der Waals surface area contributed by atoms with Gasteiger partial charge in [-0.15, -0.1) is 36.2 Å². The standard InChI is InChI=1S/C29H29N5O3S.2ClH/c30-17-22-5-4-6-24(15-22)33-29-34-25(20-38-29)16-28(36)32-23-11-9-21(10-12-23)13-14-31-18-26(35)19-37-27-7-2-1-3-8-27;;/h1-12,15,20,26,31,35H,13-14,16,18-19H2,(H,32,36)(H,33,34);2*1H/t26-;;/m0../s1. The van der Waals surface area contributed by atoms with E-state index in [-0.39, 0.29) is 43.7 Å². The van der Waals surface area contributed by atoms with E-state index in [1.165, 1.54) is 11.3 Å². The highest BCUT2D eigenvalue weighted by Gasteiger charge is 2.09. The molecular formula is C29H31Cl2N5O3S. The Morgan fingerprint density at radius 3 is 2.55 bits per heavy atom. The lowest BCUT2D eigenvalue weighted by Gasteiger charge is -2.13. The summed E-state index contributed by atoms with van der Waals surface area (Å²) in [6.07, 6.45) is 0.372. The Morgan fingerprint density at radius 1 is 1.02 bits per heavy atom. The fourth-order valence-electron chi connectivity index (χ4n) is 3.63. The monoisotopic (exact) mass is 599 g/mol. The molecule has 0 aliphatic rings. The molecule has 0 saturated heterocycles. The van der Waals surface area contributed by atoms with Crippen LogP contribution in [0.1, 0.15) is 16.8 Å². The molecule has 4 aromatic rings. The number of rotatable bonds is 13. The van der Waals surface area contributed by atoms with Gasteiger partial charge in [0.1, 0.15) is 18.5 Å². The van der Waals surface area contributed by atoms with Crippen molar-refractivity contribution < 1.29 is 14.6 Å². The number of anilines is 3. The molecule has 0 fully saturated rings. The van der Waals surface area contributed by atoms with Crippen molar-refractivity contribution >= 4 is 58.6 Å². The van der Waals surface area contributed by atoms with E-state index in [2.05, 4.69) is 27.0 Å². The van der Waals surface area contributed by atoms with Crippen molar-refractivity contribution in [1.82, 2.24) is 10.3 Å². The molecule has 8 nitrogen and oxygen atoms in total. The van der Waals surface area contributed by atoms with E-state index in [4.69, 9.17) is 10.00 Å². The molecule has 0 aliphatic carbocycles. The van der Waals surface area contributed by atoms with Crippen LogP contribution < -0.4 is 20.7 Å². The van der Waals surface area contributed by atoms with Gasteiger partial charge in [-0.3, -0.25) is 4.79 Å². The first kappa shape index (κ1) is 32.6. The summed E-state index contributed by atoms with van der Waals surface area (Å²) in [5.41, 5.74) is 3.86. The minimum atomic E-state index is -0.591. The number of thiazole rings is 1. The number of nitrogens with one attached hydrogen (secondary N) is 3. The lowest BCUT2D eigenvalue weighted by atomic mass is 10.1. The number of hydrogen-bond donors (Lipinski definition) is 4. The van der Waals surface area contributed by atoms with Gasteiger partial charge in [0.05, 0.1) is 23.7 Å². The molecule has 0 spiro atoms. The van der Waals surface area contributed by atoms with Gasteiger partial charge in [-0.2, -0.15) is 5.26 Å². The average molecular weight is 601 g/mol. The third-order valence-corrected chi connectivity index (χ3v) is 6.34.